The number of halogens is 1. The third-order valence-electron chi connectivity index (χ3n) is 6.03. The van der Waals surface area contributed by atoms with Crippen molar-refractivity contribution in [1.29, 1.82) is 0 Å². The molecule has 1 saturated carbocycles. The van der Waals surface area contributed by atoms with Crippen LogP contribution in [-0.2, 0) is 6.54 Å². The van der Waals surface area contributed by atoms with E-state index in [9.17, 15) is 4.39 Å². The van der Waals surface area contributed by atoms with Crippen molar-refractivity contribution in [2.75, 3.05) is 32.7 Å². The maximum Gasteiger partial charge on any atom is 0.132 e. The Hall–Kier alpha value is -1.19. The molecular weight excluding hydrogens is 275 g/mol. The standard InChI is InChI=1S/C19H25FN2/c20-19-4-2-1-3-17(19)13-21-7-9-22(10-8-21)14-18-12-15-5-6-16(18)11-15/h1-6,15-16,18H,7-14H2/p+2/t15-,16-,18-/m0/s1. The van der Waals surface area contributed by atoms with Crippen LogP contribution < -0.4 is 9.80 Å². The predicted octanol–water partition coefficient (Wildman–Crippen LogP) is 0.321. The Bertz CT molecular complexity index is 548. The van der Waals surface area contributed by atoms with Crippen molar-refractivity contribution in [1.82, 2.24) is 0 Å². The minimum atomic E-state index is -0.0430. The van der Waals surface area contributed by atoms with Gasteiger partial charge in [-0.05, 0) is 30.7 Å². The zero-order valence-electron chi connectivity index (χ0n) is 13.2. The van der Waals surface area contributed by atoms with Gasteiger partial charge in [-0.15, -0.1) is 0 Å². The predicted molar refractivity (Wildman–Crippen MR) is 85.2 cm³/mol. The fourth-order valence-corrected chi connectivity index (χ4v) is 4.75. The summed E-state index contributed by atoms with van der Waals surface area (Å²) >= 11 is 0. The first kappa shape index (κ1) is 14.4. The molecule has 22 heavy (non-hydrogen) atoms. The molecule has 0 amide bonds. The van der Waals surface area contributed by atoms with Gasteiger partial charge >= 0.3 is 0 Å². The second-order valence-corrected chi connectivity index (χ2v) is 7.51. The zero-order valence-corrected chi connectivity index (χ0v) is 13.2. The molecule has 4 rings (SSSR count). The molecule has 2 N–H and O–H groups in total. The lowest BCUT2D eigenvalue weighted by Crippen LogP contribution is -3.27. The summed E-state index contributed by atoms with van der Waals surface area (Å²) in [5.41, 5.74) is 0.874. The van der Waals surface area contributed by atoms with E-state index in [0.717, 1.165) is 29.9 Å². The van der Waals surface area contributed by atoms with E-state index in [1.54, 1.807) is 21.9 Å². The monoisotopic (exact) mass is 302 g/mol. The molecule has 3 aliphatic rings. The fourth-order valence-electron chi connectivity index (χ4n) is 4.75. The highest BCUT2D eigenvalue weighted by molar-refractivity contribution is 5.15. The summed E-state index contributed by atoms with van der Waals surface area (Å²) in [4.78, 5) is 3.32. The van der Waals surface area contributed by atoms with Crippen molar-refractivity contribution in [2.24, 2.45) is 17.8 Å². The molecule has 1 saturated heterocycles. The topological polar surface area (TPSA) is 8.88 Å². The Labute approximate surface area is 132 Å². The molecule has 1 aromatic rings. The highest BCUT2D eigenvalue weighted by Crippen LogP contribution is 2.42. The summed E-state index contributed by atoms with van der Waals surface area (Å²) in [6.07, 6.45) is 7.75. The van der Waals surface area contributed by atoms with Gasteiger partial charge in [0.1, 0.15) is 38.5 Å². The van der Waals surface area contributed by atoms with Crippen LogP contribution in [0.25, 0.3) is 0 Å². The van der Waals surface area contributed by atoms with Crippen LogP contribution >= 0.6 is 0 Å². The van der Waals surface area contributed by atoms with Crippen molar-refractivity contribution in [3.63, 3.8) is 0 Å². The van der Waals surface area contributed by atoms with Gasteiger partial charge in [-0.25, -0.2) is 4.39 Å². The second kappa shape index (κ2) is 6.13. The van der Waals surface area contributed by atoms with Crippen LogP contribution in [0.5, 0.6) is 0 Å². The lowest BCUT2D eigenvalue weighted by atomic mass is 9.93. The normalized spacial score (nSPS) is 36.9. The summed E-state index contributed by atoms with van der Waals surface area (Å²) in [6.45, 7) is 7.07. The van der Waals surface area contributed by atoms with E-state index in [4.69, 9.17) is 0 Å². The van der Waals surface area contributed by atoms with E-state index in [2.05, 4.69) is 12.2 Å². The van der Waals surface area contributed by atoms with Gasteiger partial charge < -0.3 is 9.80 Å². The highest BCUT2D eigenvalue weighted by Gasteiger charge is 2.38. The summed E-state index contributed by atoms with van der Waals surface area (Å²) in [6, 6.07) is 7.24. The number of quaternary nitrogens is 2. The molecule has 2 fully saturated rings. The number of allylic oxidation sites excluding steroid dienone is 2. The zero-order chi connectivity index (χ0) is 14.9. The van der Waals surface area contributed by atoms with Gasteiger partial charge in [0.25, 0.3) is 0 Å². The van der Waals surface area contributed by atoms with Crippen LogP contribution in [0.1, 0.15) is 18.4 Å². The lowest BCUT2D eigenvalue weighted by Gasteiger charge is -2.32. The van der Waals surface area contributed by atoms with Gasteiger partial charge in [-0.1, -0.05) is 30.4 Å². The molecule has 0 radical (unpaired) electrons. The van der Waals surface area contributed by atoms with Gasteiger partial charge in [0, 0.05) is 11.5 Å². The molecule has 2 nitrogen and oxygen atoms in total. The molecule has 0 aromatic heterocycles. The first-order chi connectivity index (χ1) is 10.8. The van der Waals surface area contributed by atoms with Crippen molar-refractivity contribution >= 4 is 0 Å². The maximum atomic E-state index is 13.8. The van der Waals surface area contributed by atoms with Crippen LogP contribution in [0.3, 0.4) is 0 Å². The Balaban J connectivity index is 1.26. The van der Waals surface area contributed by atoms with Gasteiger partial charge in [0.05, 0.1) is 6.54 Å². The van der Waals surface area contributed by atoms with Gasteiger partial charge in [0.15, 0.2) is 0 Å². The van der Waals surface area contributed by atoms with E-state index >= 15 is 0 Å². The lowest BCUT2D eigenvalue weighted by molar-refractivity contribution is -1.02. The number of benzene rings is 1. The Morgan fingerprint density at radius 3 is 2.41 bits per heavy atom. The number of hydrogen-bond donors (Lipinski definition) is 2. The van der Waals surface area contributed by atoms with E-state index in [1.807, 2.05) is 12.1 Å². The van der Waals surface area contributed by atoms with Crippen molar-refractivity contribution in [3.05, 3.63) is 47.8 Å². The highest BCUT2D eigenvalue weighted by atomic mass is 19.1. The number of rotatable bonds is 4. The van der Waals surface area contributed by atoms with Crippen LogP contribution in [0.4, 0.5) is 4.39 Å². The number of hydrogen-bond acceptors (Lipinski definition) is 0. The smallest absolute Gasteiger partial charge is 0.132 e. The van der Waals surface area contributed by atoms with Crippen LogP contribution in [0.15, 0.2) is 36.4 Å². The molecule has 1 aromatic carbocycles. The largest absolute Gasteiger partial charge is 0.325 e. The Kier molecular flexibility index (Phi) is 4.01. The average molecular weight is 302 g/mol. The summed E-state index contributed by atoms with van der Waals surface area (Å²) in [5, 5.41) is 0. The summed E-state index contributed by atoms with van der Waals surface area (Å²) < 4.78 is 13.8. The van der Waals surface area contributed by atoms with Gasteiger partial charge in [-0.2, -0.15) is 0 Å². The van der Waals surface area contributed by atoms with E-state index in [1.165, 1.54) is 45.6 Å². The molecule has 1 heterocycles. The summed E-state index contributed by atoms with van der Waals surface area (Å²) in [5.74, 6) is 2.65. The average Bonchev–Trinajstić information content (AvgIpc) is 3.14. The first-order valence-electron chi connectivity index (χ1n) is 8.87. The Morgan fingerprint density at radius 2 is 1.73 bits per heavy atom. The second-order valence-electron chi connectivity index (χ2n) is 7.51. The van der Waals surface area contributed by atoms with E-state index in [-0.39, 0.29) is 5.82 Å². The minimum absolute atomic E-state index is 0.0430. The van der Waals surface area contributed by atoms with Crippen LogP contribution in [-0.4, -0.2) is 32.7 Å². The van der Waals surface area contributed by atoms with Crippen molar-refractivity contribution in [3.8, 4) is 0 Å². The first-order valence-corrected chi connectivity index (χ1v) is 8.87. The molecule has 3 atom stereocenters. The van der Waals surface area contributed by atoms with Gasteiger partial charge in [0.2, 0.25) is 0 Å². The number of nitrogens with one attached hydrogen (secondary N) is 2. The molecule has 1 aliphatic heterocycles. The summed E-state index contributed by atoms with van der Waals surface area (Å²) in [7, 11) is 0. The van der Waals surface area contributed by atoms with E-state index < -0.39 is 0 Å². The number of piperazine rings is 1. The van der Waals surface area contributed by atoms with Crippen LogP contribution in [0.2, 0.25) is 0 Å². The molecule has 3 heteroatoms. The minimum Gasteiger partial charge on any atom is -0.325 e. The quantitative estimate of drug-likeness (QED) is 0.742. The molecule has 2 bridgehead atoms. The molecule has 2 aliphatic carbocycles. The van der Waals surface area contributed by atoms with E-state index in [0.29, 0.717) is 0 Å². The number of fused-ring (bicyclic) bond motifs is 2. The fraction of sp³-hybridized carbons (Fsp3) is 0.579. The SMILES string of the molecule is Fc1ccccc1C[NH+]1CC[NH+](C[C@@H]2C[C@H]3C=C[C@H]2C3)CC1. The van der Waals surface area contributed by atoms with Crippen molar-refractivity contribution < 1.29 is 14.2 Å². The van der Waals surface area contributed by atoms with Crippen molar-refractivity contribution in [2.45, 2.75) is 19.4 Å². The Morgan fingerprint density at radius 1 is 0.955 bits per heavy atom. The molecule has 0 unspecified atom stereocenters. The van der Waals surface area contributed by atoms with Gasteiger partial charge in [-0.3, -0.25) is 0 Å². The third-order valence-corrected chi connectivity index (χ3v) is 6.03. The maximum absolute atomic E-state index is 13.8. The van der Waals surface area contributed by atoms with Crippen LogP contribution in [0, 0.1) is 23.6 Å². The molecule has 0 spiro atoms. The molecule has 118 valence electrons. The third kappa shape index (κ3) is 2.97. The molecular formula is C19H27FN2+2.